The lowest BCUT2D eigenvalue weighted by molar-refractivity contribution is 0.669. The van der Waals surface area contributed by atoms with Crippen LogP contribution in [-0.4, -0.2) is 19.5 Å². The minimum absolute atomic E-state index is 0.575. The third kappa shape index (κ3) is 6.23. The van der Waals surface area contributed by atoms with E-state index in [0.29, 0.717) is 17.5 Å². The zero-order valence-corrected chi connectivity index (χ0v) is 33.5. The normalized spacial score (nSPS) is 11.5. The zero-order valence-electron chi connectivity index (χ0n) is 33.5. The monoisotopic (exact) mass is 792 g/mol. The van der Waals surface area contributed by atoms with Crippen molar-refractivity contribution >= 4 is 43.7 Å². The third-order valence-corrected chi connectivity index (χ3v) is 11.9. The van der Waals surface area contributed by atoms with E-state index in [-0.39, 0.29) is 0 Å². The largest absolute Gasteiger partial charge is 0.456 e. The van der Waals surface area contributed by atoms with Gasteiger partial charge in [0.15, 0.2) is 17.5 Å². The van der Waals surface area contributed by atoms with Crippen molar-refractivity contribution in [1.82, 2.24) is 19.5 Å². The number of nitrogens with zero attached hydrogens (tertiary/aromatic N) is 4. The zero-order chi connectivity index (χ0) is 41.0. The molecule has 0 saturated heterocycles. The summed E-state index contributed by atoms with van der Waals surface area (Å²) in [6.07, 6.45) is 0. The SMILES string of the molecule is c1ccc(-c2ccc(-c3nc(-c4cccc(-c5ccccc5)c4)nc(-c4ccc5c(c4)oc4cc6c7ccccc7n(-c7ccc(-c8ccccc8)cc7)c6cc45)n3)cc2)cc1. The molecule has 0 unspecified atom stereocenters. The van der Waals surface area contributed by atoms with E-state index in [0.717, 1.165) is 83.0 Å². The molecule has 3 aromatic heterocycles. The van der Waals surface area contributed by atoms with E-state index in [9.17, 15) is 0 Å². The van der Waals surface area contributed by atoms with Crippen molar-refractivity contribution in [3.63, 3.8) is 0 Å². The number of hydrogen-bond donors (Lipinski definition) is 0. The van der Waals surface area contributed by atoms with Crippen molar-refractivity contribution in [1.29, 1.82) is 0 Å². The fourth-order valence-electron chi connectivity index (χ4n) is 8.76. The molecule has 0 aliphatic heterocycles. The smallest absolute Gasteiger partial charge is 0.164 e. The van der Waals surface area contributed by atoms with Gasteiger partial charge in [-0.3, -0.25) is 0 Å². The highest BCUT2D eigenvalue weighted by molar-refractivity contribution is 6.17. The van der Waals surface area contributed by atoms with Gasteiger partial charge < -0.3 is 8.98 Å². The molecule has 12 aromatic rings. The summed E-state index contributed by atoms with van der Waals surface area (Å²) in [4.78, 5) is 15.3. The first-order valence-corrected chi connectivity index (χ1v) is 20.8. The lowest BCUT2D eigenvalue weighted by atomic mass is 10.0. The van der Waals surface area contributed by atoms with Gasteiger partial charge in [0, 0.05) is 43.9 Å². The van der Waals surface area contributed by atoms with E-state index in [1.165, 1.54) is 16.5 Å². The Bertz CT molecular complexity index is 3590. The molecule has 0 saturated carbocycles. The second kappa shape index (κ2) is 14.7. The van der Waals surface area contributed by atoms with Gasteiger partial charge in [0.1, 0.15) is 11.2 Å². The van der Waals surface area contributed by atoms with Gasteiger partial charge in [0.25, 0.3) is 0 Å². The molecule has 0 atom stereocenters. The highest BCUT2D eigenvalue weighted by atomic mass is 16.3. The maximum atomic E-state index is 6.72. The number of fused-ring (bicyclic) bond motifs is 6. The summed E-state index contributed by atoms with van der Waals surface area (Å²) in [5.74, 6) is 1.78. The van der Waals surface area contributed by atoms with E-state index in [4.69, 9.17) is 19.4 Å². The Labute approximate surface area is 357 Å². The van der Waals surface area contributed by atoms with E-state index < -0.39 is 0 Å². The first kappa shape index (κ1) is 35.5. The van der Waals surface area contributed by atoms with Gasteiger partial charge in [-0.1, -0.05) is 170 Å². The van der Waals surface area contributed by atoms with Crippen LogP contribution in [0.15, 0.2) is 223 Å². The molecule has 0 aliphatic rings. The number of aromatic nitrogens is 4. The Hall–Kier alpha value is -8.41. The summed E-state index contributed by atoms with van der Waals surface area (Å²) in [6, 6.07) is 76.3. The minimum atomic E-state index is 0.575. The van der Waals surface area contributed by atoms with Gasteiger partial charge in [-0.15, -0.1) is 0 Å². The molecule has 5 nitrogen and oxygen atoms in total. The molecule has 0 bridgehead atoms. The van der Waals surface area contributed by atoms with Gasteiger partial charge >= 0.3 is 0 Å². The summed E-state index contributed by atoms with van der Waals surface area (Å²) in [6.45, 7) is 0. The van der Waals surface area contributed by atoms with Crippen molar-refractivity contribution in [2.24, 2.45) is 0 Å². The third-order valence-electron chi connectivity index (χ3n) is 11.9. The lowest BCUT2D eigenvalue weighted by Crippen LogP contribution is -2.00. The molecule has 5 heteroatoms. The summed E-state index contributed by atoms with van der Waals surface area (Å²) in [7, 11) is 0. The van der Waals surface area contributed by atoms with E-state index in [1.54, 1.807) is 0 Å². The van der Waals surface area contributed by atoms with Gasteiger partial charge in [0.2, 0.25) is 0 Å². The van der Waals surface area contributed by atoms with E-state index >= 15 is 0 Å². The fourth-order valence-corrected chi connectivity index (χ4v) is 8.76. The van der Waals surface area contributed by atoms with Gasteiger partial charge in [-0.05, 0) is 81.9 Å². The van der Waals surface area contributed by atoms with Crippen LogP contribution in [0.5, 0.6) is 0 Å². The molecular formula is C57H36N4O. The first-order chi connectivity index (χ1) is 30.7. The van der Waals surface area contributed by atoms with Crippen LogP contribution in [0, 0.1) is 0 Å². The molecule has 0 spiro atoms. The van der Waals surface area contributed by atoms with Crippen LogP contribution in [0.25, 0.3) is 117 Å². The van der Waals surface area contributed by atoms with Crippen molar-refractivity contribution in [2.75, 3.05) is 0 Å². The highest BCUT2D eigenvalue weighted by Crippen LogP contribution is 2.40. The second-order valence-electron chi connectivity index (χ2n) is 15.6. The van der Waals surface area contributed by atoms with Crippen LogP contribution in [0.2, 0.25) is 0 Å². The van der Waals surface area contributed by atoms with Crippen LogP contribution < -0.4 is 0 Å². The molecule has 3 heterocycles. The van der Waals surface area contributed by atoms with Crippen LogP contribution in [0.1, 0.15) is 0 Å². The van der Waals surface area contributed by atoms with Gasteiger partial charge in [0.05, 0.1) is 11.0 Å². The minimum Gasteiger partial charge on any atom is -0.456 e. The maximum Gasteiger partial charge on any atom is 0.164 e. The lowest BCUT2D eigenvalue weighted by Gasteiger charge is -2.10. The summed E-state index contributed by atoms with van der Waals surface area (Å²) >= 11 is 0. The summed E-state index contributed by atoms with van der Waals surface area (Å²) in [5.41, 5.74) is 14.6. The topological polar surface area (TPSA) is 56.7 Å². The van der Waals surface area contributed by atoms with E-state index in [2.05, 4.69) is 211 Å². The first-order valence-electron chi connectivity index (χ1n) is 20.8. The van der Waals surface area contributed by atoms with Crippen LogP contribution in [0.4, 0.5) is 0 Å². The predicted octanol–water partition coefficient (Wildman–Crippen LogP) is 14.9. The average molecular weight is 793 g/mol. The van der Waals surface area contributed by atoms with Crippen LogP contribution in [0.3, 0.4) is 0 Å². The second-order valence-corrected chi connectivity index (χ2v) is 15.6. The molecular weight excluding hydrogens is 757 g/mol. The predicted molar refractivity (Wildman–Crippen MR) is 254 cm³/mol. The maximum absolute atomic E-state index is 6.72. The number of para-hydroxylation sites is 1. The molecule has 0 aliphatic carbocycles. The van der Waals surface area contributed by atoms with E-state index in [1.807, 2.05) is 12.1 Å². The van der Waals surface area contributed by atoms with Crippen LogP contribution >= 0.6 is 0 Å². The summed E-state index contributed by atoms with van der Waals surface area (Å²) in [5, 5.41) is 4.40. The van der Waals surface area contributed by atoms with Crippen molar-refractivity contribution in [2.45, 2.75) is 0 Å². The quantitative estimate of drug-likeness (QED) is 0.161. The highest BCUT2D eigenvalue weighted by Gasteiger charge is 2.19. The fraction of sp³-hybridized carbons (Fsp3) is 0. The van der Waals surface area contributed by atoms with Crippen molar-refractivity contribution in [3.05, 3.63) is 218 Å². The Morgan fingerprint density at radius 2 is 0.742 bits per heavy atom. The Kier molecular flexibility index (Phi) is 8.42. The van der Waals surface area contributed by atoms with Gasteiger partial charge in [-0.25, -0.2) is 15.0 Å². The number of benzene rings is 9. The Morgan fingerprint density at radius 1 is 0.274 bits per heavy atom. The standard InChI is InChI=1S/C57H36N4O/c1-4-13-37(14-5-1)40-23-25-42(26-24-40)55-58-56(44-20-12-19-43(33-44)39-17-8-3-9-18-39)60-57(59-55)45-29-32-48-50-35-52-49(36-54(50)62-53(48)34-45)47-21-10-11-22-51(47)61(52)46-30-27-41(28-31-46)38-15-6-2-7-16-38/h1-36H. The molecule has 0 fully saturated rings. The Morgan fingerprint density at radius 3 is 1.40 bits per heavy atom. The molecule has 62 heavy (non-hydrogen) atoms. The Balaban J connectivity index is 0.982. The molecule has 290 valence electrons. The van der Waals surface area contributed by atoms with Crippen molar-refractivity contribution in [3.8, 4) is 73.2 Å². The van der Waals surface area contributed by atoms with Gasteiger partial charge in [-0.2, -0.15) is 0 Å². The molecule has 0 radical (unpaired) electrons. The molecule has 9 aromatic carbocycles. The number of hydrogen-bond acceptors (Lipinski definition) is 4. The molecule has 0 amide bonds. The molecule has 12 rings (SSSR count). The van der Waals surface area contributed by atoms with Crippen LogP contribution in [-0.2, 0) is 0 Å². The number of rotatable bonds is 7. The average Bonchev–Trinajstić information content (AvgIpc) is 3.88. The summed E-state index contributed by atoms with van der Waals surface area (Å²) < 4.78 is 9.08. The molecule has 0 N–H and O–H groups in total. The number of furan rings is 1. The van der Waals surface area contributed by atoms with Crippen molar-refractivity contribution < 1.29 is 4.42 Å².